The summed E-state index contributed by atoms with van der Waals surface area (Å²) < 4.78 is 18.7. The number of methoxy groups -OCH3 is 1. The van der Waals surface area contributed by atoms with E-state index in [0.717, 1.165) is 16.0 Å². The van der Waals surface area contributed by atoms with E-state index in [1.807, 2.05) is 13.8 Å². The van der Waals surface area contributed by atoms with Gasteiger partial charge in [0.25, 0.3) is 0 Å². The maximum Gasteiger partial charge on any atom is 0.350 e. The van der Waals surface area contributed by atoms with Crippen LogP contribution in [0.25, 0.3) is 10.4 Å². The number of nitrogen functional groups attached to an aromatic ring is 1. The van der Waals surface area contributed by atoms with Crippen LogP contribution in [0.4, 0.5) is 10.1 Å². The molecular weight excluding hydrogens is 357 g/mol. The average Bonchev–Trinajstić information content (AvgIpc) is 2.75. The third-order valence-corrected chi connectivity index (χ3v) is 5.00. The largest absolute Gasteiger partial charge is 0.465 e. The monoisotopic (exact) mass is 371 g/mol. The third-order valence-electron chi connectivity index (χ3n) is 3.11. The highest BCUT2D eigenvalue weighted by Gasteiger charge is 2.25. The van der Waals surface area contributed by atoms with Crippen molar-refractivity contribution in [3.05, 3.63) is 38.9 Å². The molecule has 0 saturated carbocycles. The summed E-state index contributed by atoms with van der Waals surface area (Å²) in [6, 6.07) is 4.46. The molecule has 0 saturated heterocycles. The second kappa shape index (κ2) is 6.15. The summed E-state index contributed by atoms with van der Waals surface area (Å²) in [6.07, 6.45) is 0. The Balaban J connectivity index is 2.70. The molecule has 2 aromatic rings. The van der Waals surface area contributed by atoms with Gasteiger partial charge in [-0.25, -0.2) is 9.18 Å². The van der Waals surface area contributed by atoms with Crippen molar-refractivity contribution in [1.82, 2.24) is 0 Å². The minimum Gasteiger partial charge on any atom is -0.465 e. The molecule has 0 spiro atoms. The van der Waals surface area contributed by atoms with Crippen molar-refractivity contribution >= 4 is 38.9 Å². The Labute approximate surface area is 135 Å². The molecule has 0 amide bonds. The molecule has 0 unspecified atom stereocenters. The summed E-state index contributed by atoms with van der Waals surface area (Å²) in [4.78, 5) is 13.1. The first-order chi connectivity index (χ1) is 9.86. The van der Waals surface area contributed by atoms with E-state index < -0.39 is 5.97 Å². The number of hydrogen-bond acceptors (Lipinski definition) is 4. The molecule has 0 radical (unpaired) electrons. The Morgan fingerprint density at radius 2 is 2.10 bits per heavy atom. The fourth-order valence-electron chi connectivity index (χ4n) is 2.15. The van der Waals surface area contributed by atoms with Crippen molar-refractivity contribution in [2.24, 2.45) is 0 Å². The van der Waals surface area contributed by atoms with E-state index in [1.54, 1.807) is 6.07 Å². The molecule has 1 aromatic carbocycles. The fourth-order valence-corrected chi connectivity index (χ4v) is 4.16. The maximum absolute atomic E-state index is 13.3. The molecule has 0 fully saturated rings. The van der Waals surface area contributed by atoms with E-state index in [0.29, 0.717) is 15.0 Å². The molecule has 0 aliphatic rings. The first-order valence-corrected chi connectivity index (χ1v) is 7.93. The van der Waals surface area contributed by atoms with Crippen LogP contribution in [0.2, 0.25) is 0 Å². The van der Waals surface area contributed by atoms with Crippen LogP contribution < -0.4 is 5.73 Å². The van der Waals surface area contributed by atoms with E-state index in [2.05, 4.69) is 15.9 Å². The standard InChI is InChI=1S/C15H15BrFNO2S/c1-7(2)11-12(18)14(15(19)20-3)21-13(11)9-5-4-8(17)6-10(9)16/h4-7H,18H2,1-3H3. The predicted octanol–water partition coefficient (Wildman–Crippen LogP) is 4.81. The van der Waals surface area contributed by atoms with Gasteiger partial charge in [0.05, 0.1) is 12.8 Å². The summed E-state index contributed by atoms with van der Waals surface area (Å²) in [5.41, 5.74) is 8.25. The van der Waals surface area contributed by atoms with Gasteiger partial charge in [0, 0.05) is 14.9 Å². The van der Waals surface area contributed by atoms with Gasteiger partial charge in [0.15, 0.2) is 0 Å². The topological polar surface area (TPSA) is 52.3 Å². The van der Waals surface area contributed by atoms with E-state index in [4.69, 9.17) is 10.5 Å². The van der Waals surface area contributed by atoms with Gasteiger partial charge >= 0.3 is 5.97 Å². The van der Waals surface area contributed by atoms with Gasteiger partial charge in [-0.1, -0.05) is 29.8 Å². The number of halogens is 2. The molecule has 112 valence electrons. The van der Waals surface area contributed by atoms with Gasteiger partial charge in [0.1, 0.15) is 10.7 Å². The lowest BCUT2D eigenvalue weighted by molar-refractivity contribution is 0.0607. The molecule has 2 rings (SSSR count). The Morgan fingerprint density at radius 1 is 1.43 bits per heavy atom. The highest BCUT2D eigenvalue weighted by Crippen LogP contribution is 2.45. The SMILES string of the molecule is COC(=O)c1sc(-c2ccc(F)cc2Br)c(C(C)C)c1N. The summed E-state index contributed by atoms with van der Waals surface area (Å²) >= 11 is 4.63. The minimum atomic E-state index is -0.455. The van der Waals surface area contributed by atoms with Crippen molar-refractivity contribution in [1.29, 1.82) is 0 Å². The third kappa shape index (κ3) is 2.96. The molecule has 1 aromatic heterocycles. The summed E-state index contributed by atoms with van der Waals surface area (Å²) in [5.74, 6) is -0.648. The molecule has 0 aliphatic carbocycles. The molecule has 1 heterocycles. The predicted molar refractivity (Wildman–Crippen MR) is 87.3 cm³/mol. The van der Waals surface area contributed by atoms with Gasteiger partial charge in [-0.05, 0) is 29.7 Å². The Bertz CT molecular complexity index is 697. The van der Waals surface area contributed by atoms with Crippen LogP contribution in [0.15, 0.2) is 22.7 Å². The molecule has 3 nitrogen and oxygen atoms in total. The summed E-state index contributed by atoms with van der Waals surface area (Å²) in [7, 11) is 1.32. The number of anilines is 1. The number of ether oxygens (including phenoxy) is 1. The molecule has 2 N–H and O–H groups in total. The fraction of sp³-hybridized carbons (Fsp3) is 0.267. The van der Waals surface area contributed by atoms with Crippen molar-refractivity contribution in [2.75, 3.05) is 12.8 Å². The number of thiophene rings is 1. The molecular formula is C15H15BrFNO2S. The lowest BCUT2D eigenvalue weighted by Gasteiger charge is -2.10. The lowest BCUT2D eigenvalue weighted by atomic mass is 9.98. The zero-order valence-electron chi connectivity index (χ0n) is 11.9. The second-order valence-electron chi connectivity index (χ2n) is 4.86. The van der Waals surface area contributed by atoms with Gasteiger partial charge in [-0.2, -0.15) is 0 Å². The Kier molecular flexibility index (Phi) is 4.68. The number of esters is 1. The van der Waals surface area contributed by atoms with Gasteiger partial charge < -0.3 is 10.5 Å². The molecule has 0 atom stereocenters. The van der Waals surface area contributed by atoms with E-state index in [-0.39, 0.29) is 11.7 Å². The number of nitrogens with two attached hydrogens (primary N) is 1. The molecule has 0 aliphatic heterocycles. The number of hydrogen-bond donors (Lipinski definition) is 1. The van der Waals surface area contributed by atoms with Gasteiger partial charge in [-0.15, -0.1) is 11.3 Å². The average molecular weight is 372 g/mol. The van der Waals surface area contributed by atoms with Crippen LogP contribution in [0, 0.1) is 5.82 Å². The second-order valence-corrected chi connectivity index (χ2v) is 6.73. The van der Waals surface area contributed by atoms with Gasteiger partial charge in [-0.3, -0.25) is 0 Å². The first-order valence-electron chi connectivity index (χ1n) is 6.32. The van der Waals surface area contributed by atoms with Crippen LogP contribution in [0.3, 0.4) is 0 Å². The summed E-state index contributed by atoms with van der Waals surface area (Å²) in [6.45, 7) is 4.00. The quantitative estimate of drug-likeness (QED) is 0.787. The highest BCUT2D eigenvalue weighted by molar-refractivity contribution is 9.10. The number of rotatable bonds is 3. The van der Waals surface area contributed by atoms with Crippen molar-refractivity contribution in [3.63, 3.8) is 0 Å². The van der Waals surface area contributed by atoms with Gasteiger partial charge in [0.2, 0.25) is 0 Å². The molecule has 0 bridgehead atoms. The van der Waals surface area contributed by atoms with Crippen molar-refractivity contribution < 1.29 is 13.9 Å². The van der Waals surface area contributed by atoms with Crippen molar-refractivity contribution in [2.45, 2.75) is 19.8 Å². The number of carbonyl (C=O) groups excluding carboxylic acids is 1. The van der Waals surface area contributed by atoms with Crippen LogP contribution >= 0.6 is 27.3 Å². The normalized spacial score (nSPS) is 11.0. The van der Waals surface area contributed by atoms with Crippen LogP contribution in [0.5, 0.6) is 0 Å². The zero-order chi connectivity index (χ0) is 15.7. The van der Waals surface area contributed by atoms with E-state index in [1.165, 1.54) is 30.6 Å². The Morgan fingerprint density at radius 3 is 2.62 bits per heavy atom. The van der Waals surface area contributed by atoms with Crippen molar-refractivity contribution in [3.8, 4) is 10.4 Å². The van der Waals surface area contributed by atoms with Crippen LogP contribution in [-0.4, -0.2) is 13.1 Å². The summed E-state index contributed by atoms with van der Waals surface area (Å²) in [5, 5.41) is 0. The van der Waals surface area contributed by atoms with E-state index >= 15 is 0 Å². The van der Waals surface area contributed by atoms with Crippen LogP contribution in [0.1, 0.15) is 35.0 Å². The molecule has 6 heteroatoms. The lowest BCUT2D eigenvalue weighted by Crippen LogP contribution is -2.03. The minimum absolute atomic E-state index is 0.131. The number of benzene rings is 1. The smallest absolute Gasteiger partial charge is 0.350 e. The zero-order valence-corrected chi connectivity index (χ0v) is 14.3. The van der Waals surface area contributed by atoms with E-state index in [9.17, 15) is 9.18 Å². The Hall–Kier alpha value is -1.40. The van der Waals surface area contributed by atoms with Crippen LogP contribution in [-0.2, 0) is 4.74 Å². The number of carbonyl (C=O) groups is 1. The highest BCUT2D eigenvalue weighted by atomic mass is 79.9. The first kappa shape index (κ1) is 16.0. The maximum atomic E-state index is 13.3. The molecule has 21 heavy (non-hydrogen) atoms.